The van der Waals surface area contributed by atoms with E-state index in [1.54, 1.807) is 24.1 Å². The van der Waals surface area contributed by atoms with E-state index in [0.29, 0.717) is 12.1 Å². The average Bonchev–Trinajstić information content (AvgIpc) is 2.34. The molecule has 4 nitrogen and oxygen atoms in total. The number of amides is 1. The van der Waals surface area contributed by atoms with Crippen molar-refractivity contribution >= 4 is 12.4 Å². The molecule has 0 heterocycles. The summed E-state index contributed by atoms with van der Waals surface area (Å²) < 4.78 is 5.27. The van der Waals surface area contributed by atoms with E-state index in [4.69, 9.17) is 4.74 Å². The van der Waals surface area contributed by atoms with Crippen molar-refractivity contribution in [3.8, 4) is 0 Å². The molecule has 1 aromatic carbocycles. The van der Waals surface area contributed by atoms with Crippen LogP contribution in [0.25, 0.3) is 0 Å². The fourth-order valence-corrected chi connectivity index (χ4v) is 1.49. The summed E-state index contributed by atoms with van der Waals surface area (Å²) in [5, 5.41) is 0. The lowest BCUT2D eigenvalue weighted by Crippen LogP contribution is -2.35. The van der Waals surface area contributed by atoms with Crippen molar-refractivity contribution in [2.45, 2.75) is 32.8 Å². The number of rotatable bonds is 4. The summed E-state index contributed by atoms with van der Waals surface area (Å²) in [5.74, 6) is 0. The Kier molecular flexibility index (Phi) is 5.10. The Labute approximate surface area is 114 Å². The van der Waals surface area contributed by atoms with Crippen molar-refractivity contribution in [3.63, 3.8) is 0 Å². The Morgan fingerprint density at radius 1 is 1.26 bits per heavy atom. The smallest absolute Gasteiger partial charge is 0.410 e. The molecule has 0 fully saturated rings. The predicted molar refractivity (Wildman–Crippen MR) is 74.4 cm³/mol. The molecule has 0 aliphatic rings. The van der Waals surface area contributed by atoms with Gasteiger partial charge in [-0.15, -0.1) is 0 Å². The van der Waals surface area contributed by atoms with Crippen molar-refractivity contribution < 1.29 is 14.3 Å². The van der Waals surface area contributed by atoms with Gasteiger partial charge in [-0.1, -0.05) is 24.3 Å². The molecule has 0 N–H and O–H groups in total. The van der Waals surface area contributed by atoms with Gasteiger partial charge in [0.2, 0.25) is 0 Å². The Morgan fingerprint density at radius 2 is 1.84 bits per heavy atom. The molecule has 1 aromatic rings. The van der Waals surface area contributed by atoms with Crippen LogP contribution >= 0.6 is 0 Å². The van der Waals surface area contributed by atoms with Crippen molar-refractivity contribution in [1.29, 1.82) is 0 Å². The van der Waals surface area contributed by atoms with E-state index in [9.17, 15) is 9.59 Å². The fourth-order valence-electron chi connectivity index (χ4n) is 1.49. The maximum absolute atomic E-state index is 11.7. The van der Waals surface area contributed by atoms with Crippen molar-refractivity contribution in [3.05, 3.63) is 35.4 Å². The molecule has 0 aliphatic heterocycles. The number of carbonyl (C=O) groups excluding carboxylic acids is 2. The highest BCUT2D eigenvalue weighted by molar-refractivity contribution is 5.74. The van der Waals surface area contributed by atoms with Crippen molar-refractivity contribution in [1.82, 2.24) is 4.90 Å². The Hall–Kier alpha value is -1.84. The predicted octanol–water partition coefficient (Wildman–Crippen LogP) is 2.91. The second-order valence-corrected chi connectivity index (χ2v) is 5.51. The number of carbonyl (C=O) groups is 2. The minimum atomic E-state index is -0.475. The highest BCUT2D eigenvalue weighted by Gasteiger charge is 2.19. The first-order valence-corrected chi connectivity index (χ1v) is 6.30. The van der Waals surface area contributed by atoms with E-state index in [2.05, 4.69) is 0 Å². The summed E-state index contributed by atoms with van der Waals surface area (Å²) in [6.07, 6.45) is 1.22. The van der Waals surface area contributed by atoms with Crippen molar-refractivity contribution in [2.75, 3.05) is 13.6 Å². The molecular weight excluding hydrogens is 242 g/mol. The van der Waals surface area contributed by atoms with Crippen LogP contribution in [-0.4, -0.2) is 36.5 Å². The monoisotopic (exact) mass is 263 g/mol. The summed E-state index contributed by atoms with van der Waals surface area (Å²) in [4.78, 5) is 23.8. The minimum absolute atomic E-state index is 0.322. The highest BCUT2D eigenvalue weighted by atomic mass is 16.6. The van der Waals surface area contributed by atoms with E-state index in [-0.39, 0.29) is 6.09 Å². The highest BCUT2D eigenvalue weighted by Crippen LogP contribution is 2.10. The first kappa shape index (κ1) is 15.2. The molecule has 1 amide bonds. The summed E-state index contributed by atoms with van der Waals surface area (Å²) in [5.41, 5.74) is 1.27. The van der Waals surface area contributed by atoms with Gasteiger partial charge in [-0.25, -0.2) is 4.79 Å². The molecule has 0 spiro atoms. The number of ether oxygens (including phenoxy) is 1. The molecule has 0 atom stereocenters. The topological polar surface area (TPSA) is 46.6 Å². The molecular formula is C15H21NO3. The van der Waals surface area contributed by atoms with Crippen LogP contribution in [0.1, 0.15) is 36.7 Å². The van der Waals surface area contributed by atoms with E-state index >= 15 is 0 Å². The lowest BCUT2D eigenvalue weighted by Gasteiger charge is -2.24. The van der Waals surface area contributed by atoms with E-state index in [1.807, 2.05) is 32.9 Å². The molecule has 0 saturated heterocycles. The van der Waals surface area contributed by atoms with Crippen LogP contribution < -0.4 is 0 Å². The first-order chi connectivity index (χ1) is 8.81. The lowest BCUT2D eigenvalue weighted by atomic mass is 10.1. The third-order valence-electron chi connectivity index (χ3n) is 2.56. The van der Waals surface area contributed by atoms with E-state index < -0.39 is 5.60 Å². The molecule has 0 unspecified atom stereocenters. The lowest BCUT2D eigenvalue weighted by molar-refractivity contribution is 0.0300. The molecule has 0 saturated carbocycles. The Bertz CT molecular complexity index is 432. The third-order valence-corrected chi connectivity index (χ3v) is 2.56. The number of hydrogen-bond acceptors (Lipinski definition) is 3. The van der Waals surface area contributed by atoms with Gasteiger partial charge in [0, 0.05) is 19.2 Å². The standard InChI is InChI=1S/C15H21NO3/c1-15(2,3)19-14(18)16(4)10-9-12-5-7-13(11-17)8-6-12/h5-8,11H,9-10H2,1-4H3. The fraction of sp³-hybridized carbons (Fsp3) is 0.467. The molecule has 0 aromatic heterocycles. The molecule has 4 heteroatoms. The molecule has 0 radical (unpaired) electrons. The van der Waals surface area contributed by atoms with Crippen molar-refractivity contribution in [2.24, 2.45) is 0 Å². The van der Waals surface area contributed by atoms with Gasteiger partial charge < -0.3 is 9.64 Å². The van der Waals surface area contributed by atoms with Gasteiger partial charge in [0.1, 0.15) is 11.9 Å². The first-order valence-electron chi connectivity index (χ1n) is 6.30. The molecule has 1 rings (SSSR count). The average molecular weight is 263 g/mol. The van der Waals surface area contributed by atoms with Crippen LogP contribution in [0.2, 0.25) is 0 Å². The summed E-state index contributed by atoms with van der Waals surface area (Å²) in [6.45, 7) is 6.11. The SMILES string of the molecule is CN(CCc1ccc(C=O)cc1)C(=O)OC(C)(C)C. The maximum Gasteiger partial charge on any atom is 0.410 e. The normalized spacial score (nSPS) is 10.9. The molecule has 0 bridgehead atoms. The molecule has 0 aliphatic carbocycles. The van der Waals surface area contributed by atoms with Gasteiger partial charge >= 0.3 is 6.09 Å². The largest absolute Gasteiger partial charge is 0.444 e. The van der Waals surface area contributed by atoms with Gasteiger partial charge in [0.25, 0.3) is 0 Å². The van der Waals surface area contributed by atoms with E-state index in [1.165, 1.54) is 0 Å². The summed E-state index contributed by atoms with van der Waals surface area (Å²) >= 11 is 0. The molecule has 104 valence electrons. The quantitative estimate of drug-likeness (QED) is 0.785. The third kappa shape index (κ3) is 5.55. The van der Waals surface area contributed by atoms with Gasteiger partial charge in [0.15, 0.2) is 0 Å². The molecule has 19 heavy (non-hydrogen) atoms. The zero-order valence-electron chi connectivity index (χ0n) is 12.0. The second kappa shape index (κ2) is 6.36. The van der Waals surface area contributed by atoms with Gasteiger partial charge in [-0.05, 0) is 32.8 Å². The van der Waals surface area contributed by atoms with Crippen LogP contribution in [-0.2, 0) is 11.2 Å². The number of nitrogens with zero attached hydrogens (tertiary/aromatic N) is 1. The van der Waals surface area contributed by atoms with Crippen LogP contribution in [0.5, 0.6) is 0 Å². The second-order valence-electron chi connectivity index (χ2n) is 5.51. The maximum atomic E-state index is 11.7. The van der Waals surface area contributed by atoms with E-state index in [0.717, 1.165) is 18.3 Å². The van der Waals surface area contributed by atoms with Crippen LogP contribution in [0, 0.1) is 0 Å². The number of hydrogen-bond donors (Lipinski definition) is 0. The Balaban J connectivity index is 2.46. The van der Waals surface area contributed by atoms with Gasteiger partial charge in [-0.2, -0.15) is 0 Å². The van der Waals surface area contributed by atoms with Crippen LogP contribution in [0.4, 0.5) is 4.79 Å². The Morgan fingerprint density at radius 3 is 2.32 bits per heavy atom. The minimum Gasteiger partial charge on any atom is -0.444 e. The zero-order valence-corrected chi connectivity index (χ0v) is 12.0. The number of aldehydes is 1. The van der Waals surface area contributed by atoms with Gasteiger partial charge in [0.05, 0.1) is 0 Å². The number of benzene rings is 1. The number of likely N-dealkylation sites (N-methyl/N-ethyl adjacent to an activating group) is 1. The van der Waals surface area contributed by atoms with Gasteiger partial charge in [-0.3, -0.25) is 4.79 Å². The summed E-state index contributed by atoms with van der Waals surface area (Å²) in [7, 11) is 1.72. The van der Waals surface area contributed by atoms with Crippen LogP contribution in [0.15, 0.2) is 24.3 Å². The zero-order chi connectivity index (χ0) is 14.5. The van der Waals surface area contributed by atoms with Crippen LogP contribution in [0.3, 0.4) is 0 Å². The summed E-state index contributed by atoms with van der Waals surface area (Å²) in [6, 6.07) is 7.34.